The van der Waals surface area contributed by atoms with Gasteiger partial charge in [-0.25, -0.2) is 4.79 Å². The lowest BCUT2D eigenvalue weighted by Gasteiger charge is -2.32. The molecule has 10 heteroatoms. The van der Waals surface area contributed by atoms with Gasteiger partial charge in [0.05, 0.1) is 6.07 Å². The number of benzene rings is 1. The molecule has 3 amide bonds. The van der Waals surface area contributed by atoms with E-state index in [2.05, 4.69) is 23.3 Å². The number of carbonyl (C=O) groups is 3. The molecule has 3 N–H and O–H groups in total. The molecule has 182 valence electrons. The summed E-state index contributed by atoms with van der Waals surface area (Å²) in [6.07, 6.45) is 0.806. The van der Waals surface area contributed by atoms with Crippen LogP contribution in [0.2, 0.25) is 0 Å². The van der Waals surface area contributed by atoms with Crippen LogP contribution in [0.4, 0.5) is 4.79 Å². The van der Waals surface area contributed by atoms with Gasteiger partial charge in [0.2, 0.25) is 11.8 Å². The Kier molecular flexibility index (Phi) is 11.0. The molecule has 0 fully saturated rings. The van der Waals surface area contributed by atoms with Gasteiger partial charge in [-0.1, -0.05) is 19.4 Å². The SMILES string of the molecule is CCCCNC(=O)C(c1ccc(O)c(C)c1)N(CC#N)C(=O)C(CS)NC(=O)OC(C)(C)C. The van der Waals surface area contributed by atoms with Gasteiger partial charge in [-0.3, -0.25) is 9.59 Å². The van der Waals surface area contributed by atoms with Crippen LogP contribution in [-0.2, 0) is 14.3 Å². The van der Waals surface area contributed by atoms with Gasteiger partial charge < -0.3 is 25.4 Å². The predicted molar refractivity (Wildman–Crippen MR) is 128 cm³/mol. The van der Waals surface area contributed by atoms with Crippen molar-refractivity contribution in [3.63, 3.8) is 0 Å². The van der Waals surface area contributed by atoms with Crippen LogP contribution in [0.3, 0.4) is 0 Å². The molecule has 9 nitrogen and oxygen atoms in total. The number of thiol groups is 1. The number of hydrogen-bond donors (Lipinski definition) is 4. The Morgan fingerprint density at radius 3 is 2.48 bits per heavy atom. The fraction of sp³-hybridized carbons (Fsp3) is 0.565. The van der Waals surface area contributed by atoms with Crippen molar-refractivity contribution in [3.05, 3.63) is 29.3 Å². The Morgan fingerprint density at radius 1 is 1.30 bits per heavy atom. The van der Waals surface area contributed by atoms with Crippen molar-refractivity contribution in [2.45, 2.75) is 65.1 Å². The molecule has 1 aromatic carbocycles. The van der Waals surface area contributed by atoms with E-state index < -0.39 is 42.1 Å². The molecule has 0 saturated carbocycles. The van der Waals surface area contributed by atoms with Gasteiger partial charge in [-0.2, -0.15) is 17.9 Å². The second-order valence-electron chi connectivity index (χ2n) is 8.60. The lowest BCUT2D eigenvalue weighted by Crippen LogP contribution is -2.54. The molecule has 1 rings (SSSR count). The van der Waals surface area contributed by atoms with Crippen LogP contribution in [0.5, 0.6) is 5.75 Å². The van der Waals surface area contributed by atoms with Gasteiger partial charge in [0.15, 0.2) is 0 Å². The third kappa shape index (κ3) is 8.85. The summed E-state index contributed by atoms with van der Waals surface area (Å²) in [6.45, 7) is 8.73. The Bertz CT molecular complexity index is 879. The van der Waals surface area contributed by atoms with Crippen LogP contribution >= 0.6 is 12.6 Å². The smallest absolute Gasteiger partial charge is 0.408 e. The highest BCUT2D eigenvalue weighted by atomic mass is 32.1. The van der Waals surface area contributed by atoms with Crippen LogP contribution in [0.25, 0.3) is 0 Å². The number of nitrogens with one attached hydrogen (secondary N) is 2. The molecule has 0 aromatic heterocycles. The largest absolute Gasteiger partial charge is 0.508 e. The highest BCUT2D eigenvalue weighted by Gasteiger charge is 2.36. The van der Waals surface area contributed by atoms with Crippen molar-refractivity contribution in [3.8, 4) is 11.8 Å². The van der Waals surface area contributed by atoms with Crippen LogP contribution in [0.15, 0.2) is 18.2 Å². The van der Waals surface area contributed by atoms with E-state index in [-0.39, 0.29) is 11.5 Å². The number of aryl methyl sites for hydroxylation is 1. The van der Waals surface area contributed by atoms with E-state index in [4.69, 9.17) is 4.74 Å². The Labute approximate surface area is 200 Å². The van der Waals surface area contributed by atoms with Crippen molar-refractivity contribution >= 4 is 30.5 Å². The van der Waals surface area contributed by atoms with Crippen molar-refractivity contribution < 1.29 is 24.2 Å². The quantitative estimate of drug-likeness (QED) is 0.232. The molecule has 0 aliphatic heterocycles. The van der Waals surface area contributed by atoms with Crippen molar-refractivity contribution in [2.24, 2.45) is 0 Å². The number of hydrogen-bond acceptors (Lipinski definition) is 7. The van der Waals surface area contributed by atoms with Crippen LogP contribution < -0.4 is 10.6 Å². The molecule has 0 radical (unpaired) electrons. The minimum absolute atomic E-state index is 0.0434. The average Bonchev–Trinajstić information content (AvgIpc) is 2.72. The van der Waals surface area contributed by atoms with Crippen molar-refractivity contribution in [2.75, 3.05) is 18.8 Å². The highest BCUT2D eigenvalue weighted by molar-refractivity contribution is 7.80. The highest BCUT2D eigenvalue weighted by Crippen LogP contribution is 2.27. The first kappa shape index (κ1) is 28.1. The molecule has 0 aliphatic carbocycles. The first-order chi connectivity index (χ1) is 15.4. The predicted octanol–water partition coefficient (Wildman–Crippen LogP) is 2.83. The van der Waals surface area contributed by atoms with E-state index >= 15 is 0 Å². The molecule has 2 atom stereocenters. The maximum atomic E-state index is 13.4. The molecular formula is C23H34N4O5S. The number of phenolic OH excluding ortho intramolecular Hbond substituents is 1. The van der Waals surface area contributed by atoms with Gasteiger partial charge in [-0.05, 0) is 57.4 Å². The lowest BCUT2D eigenvalue weighted by molar-refractivity contribution is -0.141. The maximum absolute atomic E-state index is 13.4. The molecule has 0 aliphatic rings. The van der Waals surface area contributed by atoms with Crippen LogP contribution in [-0.4, -0.2) is 58.4 Å². The maximum Gasteiger partial charge on any atom is 0.408 e. The first-order valence-electron chi connectivity index (χ1n) is 10.8. The Morgan fingerprint density at radius 2 is 1.97 bits per heavy atom. The summed E-state index contributed by atoms with van der Waals surface area (Å²) in [7, 11) is 0. The third-order valence-corrected chi connectivity index (χ3v) is 4.99. The number of ether oxygens (including phenoxy) is 1. The zero-order chi connectivity index (χ0) is 25.2. The molecule has 0 spiro atoms. The van der Waals surface area contributed by atoms with Gasteiger partial charge in [0, 0.05) is 12.3 Å². The van der Waals surface area contributed by atoms with E-state index in [9.17, 15) is 24.8 Å². The number of nitriles is 1. The minimum atomic E-state index is -1.14. The first-order valence-corrected chi connectivity index (χ1v) is 11.4. The summed E-state index contributed by atoms with van der Waals surface area (Å²) in [5.74, 6) is -1.15. The minimum Gasteiger partial charge on any atom is -0.508 e. The zero-order valence-corrected chi connectivity index (χ0v) is 20.7. The van der Waals surface area contributed by atoms with E-state index in [0.717, 1.165) is 17.7 Å². The van der Waals surface area contributed by atoms with Crippen LogP contribution in [0, 0.1) is 18.3 Å². The monoisotopic (exact) mass is 478 g/mol. The van der Waals surface area contributed by atoms with E-state index in [1.807, 2.05) is 13.0 Å². The normalized spacial score (nSPS) is 12.8. The number of alkyl carbamates (subject to hydrolysis) is 1. The molecular weight excluding hydrogens is 444 g/mol. The second-order valence-corrected chi connectivity index (χ2v) is 8.96. The Hall–Kier alpha value is -2.93. The summed E-state index contributed by atoms with van der Waals surface area (Å²) in [4.78, 5) is 39.9. The summed E-state index contributed by atoms with van der Waals surface area (Å²) < 4.78 is 5.22. The summed E-state index contributed by atoms with van der Waals surface area (Å²) >= 11 is 4.18. The number of rotatable bonds is 10. The number of unbranched alkanes of at least 4 members (excludes halogenated alkanes) is 1. The summed E-state index contributed by atoms with van der Waals surface area (Å²) in [5.41, 5.74) is 0.172. The van der Waals surface area contributed by atoms with E-state index in [1.165, 1.54) is 12.1 Å². The fourth-order valence-electron chi connectivity index (χ4n) is 3.01. The molecule has 0 heterocycles. The van der Waals surface area contributed by atoms with Gasteiger partial charge in [0.25, 0.3) is 0 Å². The summed E-state index contributed by atoms with van der Waals surface area (Å²) in [5, 5.41) is 24.6. The molecule has 1 aromatic rings. The topological polar surface area (TPSA) is 132 Å². The molecule has 33 heavy (non-hydrogen) atoms. The second kappa shape index (κ2) is 12.9. The molecule has 0 bridgehead atoms. The van der Waals surface area contributed by atoms with Gasteiger partial charge in [0.1, 0.15) is 30.0 Å². The van der Waals surface area contributed by atoms with Gasteiger partial charge in [-0.15, -0.1) is 0 Å². The molecule has 2 unspecified atom stereocenters. The number of carbonyl (C=O) groups excluding carboxylic acids is 3. The van der Waals surface area contributed by atoms with E-state index in [0.29, 0.717) is 17.7 Å². The van der Waals surface area contributed by atoms with Crippen molar-refractivity contribution in [1.29, 1.82) is 5.26 Å². The average molecular weight is 479 g/mol. The number of phenols is 1. The van der Waals surface area contributed by atoms with Crippen LogP contribution in [0.1, 0.15) is 57.7 Å². The van der Waals surface area contributed by atoms with Gasteiger partial charge >= 0.3 is 6.09 Å². The van der Waals surface area contributed by atoms with Crippen molar-refractivity contribution in [1.82, 2.24) is 15.5 Å². The van der Waals surface area contributed by atoms with E-state index in [1.54, 1.807) is 33.8 Å². The number of amides is 3. The number of nitrogens with zero attached hydrogens (tertiary/aromatic N) is 2. The lowest BCUT2D eigenvalue weighted by atomic mass is 10.0. The standard InChI is InChI=1S/C23H34N4O5S/c1-6-7-11-25-20(29)19(16-8-9-18(28)15(2)13-16)27(12-10-24)21(30)17(14-33)26-22(31)32-23(3,4)5/h8-9,13,17,19,28,33H,6-7,11-12,14H2,1-5H3,(H,25,29)(H,26,31). The number of aromatic hydroxyl groups is 1. The fourth-order valence-corrected chi connectivity index (χ4v) is 3.26. The Balaban J connectivity index is 3.33. The summed E-state index contributed by atoms with van der Waals surface area (Å²) in [6, 6.07) is 4.21. The third-order valence-electron chi connectivity index (χ3n) is 4.62. The zero-order valence-electron chi connectivity index (χ0n) is 19.8. The molecule has 0 saturated heterocycles.